The molecule has 5 nitrogen and oxygen atoms in total. The van der Waals surface area contributed by atoms with E-state index in [1.165, 1.54) is 0 Å². The first-order valence-electron chi connectivity index (χ1n) is 7.48. The largest absolute Gasteiger partial charge is 0.493 e. The van der Waals surface area contributed by atoms with Gasteiger partial charge in [0.05, 0.1) is 21.8 Å². The maximum Gasteiger partial charge on any atom is 0.220 e. The minimum Gasteiger partial charge on any atom is -0.493 e. The third-order valence-electron chi connectivity index (χ3n) is 4.28. The molecule has 4 N–H and O–H groups in total. The van der Waals surface area contributed by atoms with E-state index < -0.39 is 5.82 Å². The van der Waals surface area contributed by atoms with Gasteiger partial charge in [-0.25, -0.2) is 9.82 Å². The summed E-state index contributed by atoms with van der Waals surface area (Å²) in [6, 6.07) is 1.61. The number of halogens is 2. The molecule has 2 aliphatic heterocycles. The van der Waals surface area contributed by atoms with Crippen molar-refractivity contribution in [3.8, 4) is 5.75 Å². The Morgan fingerprint density at radius 1 is 1.65 bits per heavy atom. The summed E-state index contributed by atoms with van der Waals surface area (Å²) in [5.74, 6) is 5.21. The summed E-state index contributed by atoms with van der Waals surface area (Å²) in [5, 5.41) is 2.80. The monoisotopic (exact) mass is 359 g/mol. The first-order chi connectivity index (χ1) is 10.9. The molecule has 2 fully saturated rings. The number of amides is 1. The van der Waals surface area contributed by atoms with Gasteiger partial charge < -0.3 is 10.1 Å². The second-order valence-corrected chi connectivity index (χ2v) is 7.85. The van der Waals surface area contributed by atoms with Crippen molar-refractivity contribution in [3.63, 3.8) is 0 Å². The van der Waals surface area contributed by atoms with Crippen LogP contribution in [0.2, 0.25) is 5.02 Å². The van der Waals surface area contributed by atoms with Crippen LogP contribution in [0.15, 0.2) is 6.07 Å². The predicted molar refractivity (Wildman–Crippen MR) is 89.0 cm³/mol. The maximum absolute atomic E-state index is 14.7. The second-order valence-electron chi connectivity index (χ2n) is 5.89. The van der Waals surface area contributed by atoms with E-state index in [1.54, 1.807) is 17.8 Å². The zero-order chi connectivity index (χ0) is 16.8. The second kappa shape index (κ2) is 6.12. The molecule has 0 radical (unpaired) electrons. The molecule has 2 aliphatic rings. The highest BCUT2D eigenvalue weighted by Crippen LogP contribution is 2.65. The first-order valence-corrected chi connectivity index (χ1v) is 8.74. The van der Waals surface area contributed by atoms with Gasteiger partial charge in [0, 0.05) is 30.0 Å². The first kappa shape index (κ1) is 16.8. The summed E-state index contributed by atoms with van der Waals surface area (Å²) in [6.07, 6.45) is 0.237. The molecule has 3 atom stereocenters. The van der Waals surface area contributed by atoms with E-state index >= 15 is 0 Å². The summed E-state index contributed by atoms with van der Waals surface area (Å²) in [5.41, 5.74) is 3.97. The molecule has 23 heavy (non-hydrogen) atoms. The van der Waals surface area contributed by atoms with Gasteiger partial charge in [-0.3, -0.25) is 10.6 Å². The molecular weight excluding hydrogens is 341 g/mol. The lowest BCUT2D eigenvalue weighted by Crippen LogP contribution is -2.35. The van der Waals surface area contributed by atoms with Crippen molar-refractivity contribution < 1.29 is 13.9 Å². The van der Waals surface area contributed by atoms with Gasteiger partial charge in [-0.2, -0.15) is 0 Å². The van der Waals surface area contributed by atoms with Crippen molar-refractivity contribution in [2.45, 2.75) is 36.3 Å². The molecule has 0 spiro atoms. The van der Waals surface area contributed by atoms with Crippen molar-refractivity contribution in [3.05, 3.63) is 28.0 Å². The third kappa shape index (κ3) is 2.91. The van der Waals surface area contributed by atoms with Gasteiger partial charge in [0.1, 0.15) is 11.6 Å². The van der Waals surface area contributed by atoms with Gasteiger partial charge in [0.25, 0.3) is 0 Å². The SMILES string of the molecule is CCOc1c(C2S[C@]2(C)NN)cc(Cl)c(F)c1[C@@H]1CNC(=O)C1. The Morgan fingerprint density at radius 2 is 2.39 bits per heavy atom. The predicted octanol–water partition coefficient (Wildman–Crippen LogP) is 2.45. The summed E-state index contributed by atoms with van der Waals surface area (Å²) < 4.78 is 20.5. The zero-order valence-corrected chi connectivity index (χ0v) is 14.5. The van der Waals surface area contributed by atoms with E-state index in [4.69, 9.17) is 22.2 Å². The van der Waals surface area contributed by atoms with Gasteiger partial charge in [-0.15, -0.1) is 11.8 Å². The number of thioether (sulfide) groups is 1. The van der Waals surface area contributed by atoms with Crippen LogP contribution in [0.3, 0.4) is 0 Å². The van der Waals surface area contributed by atoms with Crippen molar-refractivity contribution in [1.82, 2.24) is 10.7 Å². The molecule has 1 unspecified atom stereocenters. The Kier molecular flexibility index (Phi) is 4.48. The van der Waals surface area contributed by atoms with Crippen LogP contribution in [-0.4, -0.2) is 23.9 Å². The molecule has 0 aliphatic carbocycles. The van der Waals surface area contributed by atoms with Crippen LogP contribution >= 0.6 is 23.4 Å². The van der Waals surface area contributed by atoms with Crippen LogP contribution in [-0.2, 0) is 4.79 Å². The Morgan fingerprint density at radius 3 is 2.91 bits per heavy atom. The molecule has 0 bridgehead atoms. The van der Waals surface area contributed by atoms with Crippen molar-refractivity contribution >= 4 is 29.3 Å². The number of hydrogen-bond donors (Lipinski definition) is 3. The van der Waals surface area contributed by atoms with Gasteiger partial charge in [0.2, 0.25) is 5.91 Å². The number of benzene rings is 1. The molecule has 1 aromatic rings. The number of hydrogen-bond acceptors (Lipinski definition) is 5. The van der Waals surface area contributed by atoms with E-state index in [-0.39, 0.29) is 33.4 Å². The van der Waals surface area contributed by atoms with E-state index in [9.17, 15) is 9.18 Å². The standard InChI is InChI=1S/C15H19ClFN3O2S/c1-3-22-13-8(14-15(2,20-18)23-14)5-9(16)12(17)11(13)7-4-10(21)19-6-7/h5,7,14,20H,3-4,6,18H2,1-2H3,(H,19,21)/t7-,14?,15-/m0/s1. The van der Waals surface area contributed by atoms with Gasteiger partial charge >= 0.3 is 0 Å². The van der Waals surface area contributed by atoms with Gasteiger partial charge in [-0.05, 0) is 19.9 Å². The maximum atomic E-state index is 14.7. The summed E-state index contributed by atoms with van der Waals surface area (Å²) >= 11 is 7.74. The van der Waals surface area contributed by atoms with Crippen molar-refractivity contribution in [1.29, 1.82) is 0 Å². The molecular formula is C15H19ClFN3O2S. The van der Waals surface area contributed by atoms with E-state index in [2.05, 4.69) is 10.7 Å². The fourth-order valence-corrected chi connectivity index (χ4v) is 4.21. The van der Waals surface area contributed by atoms with E-state index in [0.717, 1.165) is 5.56 Å². The molecule has 2 saturated heterocycles. The van der Waals surface area contributed by atoms with Crippen LogP contribution in [0, 0.1) is 5.82 Å². The smallest absolute Gasteiger partial charge is 0.220 e. The average molecular weight is 360 g/mol. The number of nitrogens with two attached hydrogens (primary N) is 1. The molecule has 1 aromatic carbocycles. The highest BCUT2D eigenvalue weighted by molar-refractivity contribution is 8.08. The molecule has 2 heterocycles. The minimum absolute atomic E-state index is 0.0240. The molecule has 3 rings (SSSR count). The highest BCUT2D eigenvalue weighted by Gasteiger charge is 2.54. The summed E-state index contributed by atoms with van der Waals surface area (Å²) in [4.78, 5) is 11.2. The van der Waals surface area contributed by atoms with Crippen LogP contribution < -0.4 is 21.3 Å². The average Bonchev–Trinajstić information content (AvgIpc) is 3.02. The number of ether oxygens (including phenoxy) is 1. The summed E-state index contributed by atoms with van der Waals surface area (Å²) in [7, 11) is 0. The molecule has 126 valence electrons. The molecule has 0 aromatic heterocycles. The Bertz CT molecular complexity index is 660. The lowest BCUT2D eigenvalue weighted by molar-refractivity contribution is -0.119. The highest BCUT2D eigenvalue weighted by atomic mass is 35.5. The molecule has 8 heteroatoms. The third-order valence-corrected chi connectivity index (χ3v) is 6.11. The number of carbonyl (C=O) groups excluding carboxylic acids is 1. The Labute approximate surface area is 143 Å². The zero-order valence-electron chi connectivity index (χ0n) is 12.9. The number of rotatable bonds is 5. The topological polar surface area (TPSA) is 76.4 Å². The van der Waals surface area contributed by atoms with Crippen LogP contribution in [0.25, 0.3) is 0 Å². The number of hydrazine groups is 1. The van der Waals surface area contributed by atoms with Gasteiger partial charge in [0.15, 0.2) is 0 Å². The van der Waals surface area contributed by atoms with Crippen LogP contribution in [0.1, 0.15) is 42.6 Å². The number of carbonyl (C=O) groups is 1. The fourth-order valence-electron chi connectivity index (χ4n) is 3.00. The van der Waals surface area contributed by atoms with E-state index in [1.807, 2.05) is 13.8 Å². The van der Waals surface area contributed by atoms with Crippen LogP contribution in [0.4, 0.5) is 4.39 Å². The number of nitrogens with one attached hydrogen (secondary N) is 2. The van der Waals surface area contributed by atoms with Crippen molar-refractivity contribution in [2.75, 3.05) is 13.2 Å². The van der Waals surface area contributed by atoms with Crippen LogP contribution in [0.5, 0.6) is 5.75 Å². The molecule has 1 amide bonds. The van der Waals surface area contributed by atoms with Crippen molar-refractivity contribution in [2.24, 2.45) is 5.84 Å². The Hall–Kier alpha value is -1.02. The minimum atomic E-state index is -0.506. The molecule has 0 saturated carbocycles. The Balaban J connectivity index is 2.10. The van der Waals surface area contributed by atoms with Gasteiger partial charge in [-0.1, -0.05) is 11.6 Å². The lowest BCUT2D eigenvalue weighted by Gasteiger charge is -2.20. The summed E-state index contributed by atoms with van der Waals surface area (Å²) in [6.45, 7) is 4.60. The quantitative estimate of drug-likeness (QED) is 0.427. The van der Waals surface area contributed by atoms with E-state index in [0.29, 0.717) is 24.5 Å². The lowest BCUT2D eigenvalue weighted by atomic mass is 9.92. The normalized spacial score (nSPS) is 29.5. The fraction of sp³-hybridized carbons (Fsp3) is 0.533.